The van der Waals surface area contributed by atoms with Gasteiger partial charge >= 0.3 is 0 Å². The molecule has 0 saturated carbocycles. The highest BCUT2D eigenvalue weighted by Crippen LogP contribution is 2.20. The minimum Gasteiger partial charge on any atom is -0.317 e. The first kappa shape index (κ1) is 11.9. The molecule has 3 saturated heterocycles. The third-order valence-corrected chi connectivity index (χ3v) is 5.37. The zero-order valence-corrected chi connectivity index (χ0v) is 11.1. The van der Waals surface area contributed by atoms with Crippen LogP contribution in [-0.2, 0) is 0 Å². The smallest absolute Gasteiger partial charge is 0.129 e. The third kappa shape index (κ3) is 2.50. The molecule has 0 atom stereocenters. The molecule has 0 aliphatic carbocycles. The fraction of sp³-hybridized carbons (Fsp3) is 1.00. The summed E-state index contributed by atoms with van der Waals surface area (Å²) < 4.78 is 2.83. The molecule has 3 fully saturated rings. The molecule has 4 heteroatoms. The van der Waals surface area contributed by atoms with Crippen molar-refractivity contribution in [2.45, 2.75) is 6.42 Å². The van der Waals surface area contributed by atoms with Gasteiger partial charge in [-0.15, -0.1) is 0 Å². The lowest BCUT2D eigenvalue weighted by atomic mass is 10.2. The van der Waals surface area contributed by atoms with E-state index in [1.807, 2.05) is 0 Å². The summed E-state index contributed by atoms with van der Waals surface area (Å²) in [7, 11) is 0. The van der Waals surface area contributed by atoms with E-state index in [-0.39, 0.29) is 0 Å². The Morgan fingerprint density at radius 1 is 0.471 bits per heavy atom. The highest BCUT2D eigenvalue weighted by molar-refractivity contribution is 4.64. The van der Waals surface area contributed by atoms with E-state index in [1.165, 1.54) is 93.9 Å². The van der Waals surface area contributed by atoms with E-state index >= 15 is 0 Å². The first-order valence-corrected chi connectivity index (χ1v) is 7.44. The lowest BCUT2D eigenvalue weighted by molar-refractivity contribution is -0.965. The van der Waals surface area contributed by atoms with Crippen molar-refractivity contribution in [3.05, 3.63) is 0 Å². The second-order valence-corrected chi connectivity index (χ2v) is 6.33. The van der Waals surface area contributed by atoms with E-state index in [0.29, 0.717) is 0 Å². The van der Waals surface area contributed by atoms with Gasteiger partial charge in [-0.1, -0.05) is 0 Å². The molecule has 3 aliphatic rings. The van der Waals surface area contributed by atoms with Crippen molar-refractivity contribution in [1.82, 2.24) is 10.6 Å². The minimum atomic E-state index is 1.24. The number of nitrogens with one attached hydrogen (secondary N) is 2. The lowest BCUT2D eigenvalue weighted by Crippen LogP contribution is -2.63. The highest BCUT2D eigenvalue weighted by atomic mass is 15.5. The van der Waals surface area contributed by atoms with E-state index in [0.717, 1.165) is 0 Å². The van der Waals surface area contributed by atoms with Crippen LogP contribution < -0.4 is 10.6 Å². The molecule has 98 valence electrons. The van der Waals surface area contributed by atoms with Crippen LogP contribution in [0.1, 0.15) is 6.42 Å². The molecule has 3 aliphatic heterocycles. The minimum absolute atomic E-state index is 1.24. The van der Waals surface area contributed by atoms with Crippen molar-refractivity contribution in [3.8, 4) is 0 Å². The van der Waals surface area contributed by atoms with E-state index in [1.54, 1.807) is 0 Å². The Kier molecular flexibility index (Phi) is 3.39. The van der Waals surface area contributed by atoms with E-state index < -0.39 is 0 Å². The third-order valence-electron chi connectivity index (χ3n) is 5.37. The maximum atomic E-state index is 3.52. The van der Waals surface area contributed by atoms with Gasteiger partial charge in [-0.3, -0.25) is 0 Å². The summed E-state index contributed by atoms with van der Waals surface area (Å²) in [4.78, 5) is 0. The summed E-state index contributed by atoms with van der Waals surface area (Å²) in [6, 6.07) is 0. The first-order chi connectivity index (χ1) is 8.33. The number of nitrogens with zero attached hydrogens (tertiary/aromatic N) is 2. The summed E-state index contributed by atoms with van der Waals surface area (Å²) in [5.41, 5.74) is 0. The van der Waals surface area contributed by atoms with Crippen LogP contribution in [0.3, 0.4) is 0 Å². The van der Waals surface area contributed by atoms with Crippen molar-refractivity contribution >= 4 is 0 Å². The van der Waals surface area contributed by atoms with Gasteiger partial charge in [0, 0.05) is 32.6 Å². The number of quaternary nitrogens is 2. The Labute approximate surface area is 105 Å². The molecule has 2 N–H and O–H groups in total. The zero-order chi connectivity index (χ0) is 11.6. The number of hydrogen-bond acceptors (Lipinski definition) is 2. The maximum Gasteiger partial charge on any atom is 0.129 e. The quantitative estimate of drug-likeness (QED) is 0.544. The Balaban J connectivity index is 1.66. The second-order valence-electron chi connectivity index (χ2n) is 6.33. The van der Waals surface area contributed by atoms with Crippen molar-refractivity contribution in [2.75, 3.05) is 78.5 Å². The van der Waals surface area contributed by atoms with Crippen LogP contribution in [0.5, 0.6) is 0 Å². The molecule has 0 unspecified atom stereocenters. The zero-order valence-electron chi connectivity index (χ0n) is 11.1. The molecule has 3 rings (SSSR count). The SMILES string of the molecule is C1C[N+]2(CCNCC2)CC[N+]2(C1)CCNCC2. The molecular formula is C13H28N4+2. The molecule has 4 nitrogen and oxygen atoms in total. The molecule has 0 aromatic carbocycles. The lowest BCUT2D eigenvalue weighted by Gasteiger charge is -2.43. The van der Waals surface area contributed by atoms with Crippen LogP contribution in [0.4, 0.5) is 0 Å². The normalized spacial score (nSPS) is 32.5. The standard InChI is InChI=1S/C13H28N4/c1-6-16(8-2-14-3-9-16)12-13-17(7-1)10-4-15-5-11-17/h14-15H,1-13H2/q+2. The van der Waals surface area contributed by atoms with Gasteiger partial charge in [-0.2, -0.15) is 0 Å². The second kappa shape index (κ2) is 4.84. The fourth-order valence-electron chi connectivity index (χ4n) is 4.02. The fourth-order valence-corrected chi connectivity index (χ4v) is 4.02. The van der Waals surface area contributed by atoms with E-state index in [4.69, 9.17) is 0 Å². The molecule has 2 spiro atoms. The topological polar surface area (TPSA) is 24.1 Å². The van der Waals surface area contributed by atoms with Crippen LogP contribution >= 0.6 is 0 Å². The van der Waals surface area contributed by atoms with Gasteiger partial charge < -0.3 is 19.6 Å². The predicted molar refractivity (Wildman–Crippen MR) is 69.8 cm³/mol. The van der Waals surface area contributed by atoms with E-state index in [2.05, 4.69) is 10.6 Å². The molecule has 3 heterocycles. The van der Waals surface area contributed by atoms with Crippen LogP contribution in [0.15, 0.2) is 0 Å². The van der Waals surface area contributed by atoms with Gasteiger partial charge in [-0.25, -0.2) is 0 Å². The van der Waals surface area contributed by atoms with Crippen molar-refractivity contribution < 1.29 is 8.97 Å². The summed E-state index contributed by atoms with van der Waals surface area (Å²) in [5, 5.41) is 7.03. The molecule has 0 radical (unpaired) electrons. The summed E-state index contributed by atoms with van der Waals surface area (Å²) in [5.74, 6) is 0. The van der Waals surface area contributed by atoms with Crippen LogP contribution in [0, 0.1) is 0 Å². The largest absolute Gasteiger partial charge is 0.317 e. The van der Waals surface area contributed by atoms with Crippen LogP contribution in [-0.4, -0.2) is 87.5 Å². The molecule has 0 aromatic rings. The van der Waals surface area contributed by atoms with Crippen molar-refractivity contribution in [2.24, 2.45) is 0 Å². The Morgan fingerprint density at radius 3 is 1.29 bits per heavy atom. The van der Waals surface area contributed by atoms with Gasteiger partial charge in [-0.05, 0) is 0 Å². The van der Waals surface area contributed by atoms with E-state index in [9.17, 15) is 0 Å². The summed E-state index contributed by atoms with van der Waals surface area (Å²) in [6.45, 7) is 16.2. The first-order valence-electron chi connectivity index (χ1n) is 7.44. The average Bonchev–Trinajstić information content (AvgIpc) is 2.54. The number of piperazine rings is 2. The van der Waals surface area contributed by atoms with Crippen LogP contribution in [0.25, 0.3) is 0 Å². The molecule has 0 amide bonds. The van der Waals surface area contributed by atoms with Gasteiger partial charge in [0.05, 0.1) is 39.3 Å². The van der Waals surface area contributed by atoms with Crippen molar-refractivity contribution in [3.63, 3.8) is 0 Å². The Bertz CT molecular complexity index is 228. The molecule has 0 bridgehead atoms. The summed E-state index contributed by atoms with van der Waals surface area (Å²) in [6.07, 6.45) is 1.44. The number of rotatable bonds is 0. The Hall–Kier alpha value is -0.160. The van der Waals surface area contributed by atoms with Gasteiger partial charge in [0.1, 0.15) is 13.1 Å². The average molecular weight is 240 g/mol. The van der Waals surface area contributed by atoms with Gasteiger partial charge in [0.2, 0.25) is 0 Å². The van der Waals surface area contributed by atoms with Crippen molar-refractivity contribution in [1.29, 1.82) is 0 Å². The molecule has 0 aromatic heterocycles. The Morgan fingerprint density at radius 2 is 0.882 bits per heavy atom. The summed E-state index contributed by atoms with van der Waals surface area (Å²) >= 11 is 0. The van der Waals surface area contributed by atoms with Gasteiger partial charge in [0.25, 0.3) is 0 Å². The molecular weight excluding hydrogens is 212 g/mol. The molecule has 17 heavy (non-hydrogen) atoms. The maximum absolute atomic E-state index is 3.52. The van der Waals surface area contributed by atoms with Crippen LogP contribution in [0.2, 0.25) is 0 Å². The van der Waals surface area contributed by atoms with Gasteiger partial charge in [0.15, 0.2) is 0 Å². The highest BCUT2D eigenvalue weighted by Gasteiger charge is 2.39. The number of hydrogen-bond donors (Lipinski definition) is 2. The predicted octanol–water partition coefficient (Wildman–Crippen LogP) is -0.770. The monoisotopic (exact) mass is 240 g/mol.